The molecule has 0 aliphatic carbocycles. The van der Waals surface area contributed by atoms with Crippen LogP contribution in [0.2, 0.25) is 0 Å². The number of aromatic nitrogens is 1. The summed E-state index contributed by atoms with van der Waals surface area (Å²) in [6, 6.07) is 10.00. The molecule has 0 saturated carbocycles. The first-order valence-electron chi connectivity index (χ1n) is 9.48. The van der Waals surface area contributed by atoms with Crippen molar-refractivity contribution in [2.75, 3.05) is 13.1 Å². The van der Waals surface area contributed by atoms with Crippen LogP contribution < -0.4 is 11.1 Å². The van der Waals surface area contributed by atoms with Gasteiger partial charge in [-0.2, -0.15) is 4.31 Å². The van der Waals surface area contributed by atoms with Gasteiger partial charge >= 0.3 is 5.76 Å². The summed E-state index contributed by atoms with van der Waals surface area (Å²) in [5.74, 6) is -1.74. The van der Waals surface area contributed by atoms with Gasteiger partial charge in [0.05, 0.1) is 16.3 Å². The Morgan fingerprint density at radius 3 is 2.77 bits per heavy atom. The fraction of sp³-hybridized carbons (Fsp3) is 0.300. The Labute approximate surface area is 171 Å². The number of sulfonamides is 1. The number of nitrogens with one attached hydrogen (secondary N) is 2. The zero-order chi connectivity index (χ0) is 21.3. The number of fused-ring (bicyclic) bond motifs is 1. The second-order valence-corrected chi connectivity index (χ2v) is 9.16. The predicted octanol–water partition coefficient (Wildman–Crippen LogP) is 1.98. The highest BCUT2D eigenvalue weighted by molar-refractivity contribution is 7.89. The number of hydrogen-bond donors (Lipinski definition) is 2. The van der Waals surface area contributed by atoms with E-state index in [-0.39, 0.29) is 35.3 Å². The number of benzene rings is 2. The van der Waals surface area contributed by atoms with Crippen LogP contribution in [0.5, 0.6) is 0 Å². The van der Waals surface area contributed by atoms with E-state index in [0.29, 0.717) is 24.9 Å². The van der Waals surface area contributed by atoms with Crippen LogP contribution in [-0.2, 0) is 21.4 Å². The van der Waals surface area contributed by atoms with E-state index in [1.807, 2.05) is 0 Å². The third-order valence-corrected chi connectivity index (χ3v) is 7.03. The number of carbonyl (C=O) groups is 1. The smallest absolute Gasteiger partial charge is 0.408 e. The summed E-state index contributed by atoms with van der Waals surface area (Å²) in [6.07, 6.45) is 1.13. The van der Waals surface area contributed by atoms with E-state index in [1.165, 1.54) is 34.6 Å². The van der Waals surface area contributed by atoms with E-state index in [1.54, 1.807) is 12.1 Å². The summed E-state index contributed by atoms with van der Waals surface area (Å²) in [5.41, 5.74) is 1.33. The molecule has 1 unspecified atom stereocenters. The van der Waals surface area contributed by atoms with Crippen LogP contribution in [0.4, 0.5) is 4.39 Å². The highest BCUT2D eigenvalue weighted by Gasteiger charge is 2.33. The lowest BCUT2D eigenvalue weighted by Gasteiger charge is -2.31. The molecule has 0 spiro atoms. The SMILES string of the molecule is O=C(NCc1ccc(F)cc1)C1CCCN(S(=O)(=O)c2ccc3[nH]c(=O)oc3c2)C1. The van der Waals surface area contributed by atoms with Crippen LogP contribution in [-0.4, -0.2) is 36.7 Å². The van der Waals surface area contributed by atoms with Crippen molar-refractivity contribution in [3.63, 3.8) is 0 Å². The van der Waals surface area contributed by atoms with Crippen LogP contribution in [0.15, 0.2) is 56.6 Å². The molecule has 8 nitrogen and oxygen atoms in total. The fourth-order valence-electron chi connectivity index (χ4n) is 3.55. The normalized spacial score (nSPS) is 17.8. The molecule has 4 rings (SSSR count). The van der Waals surface area contributed by atoms with Crippen molar-refractivity contribution in [3.05, 3.63) is 64.4 Å². The van der Waals surface area contributed by atoms with Gasteiger partial charge in [0, 0.05) is 25.7 Å². The first kappa shape index (κ1) is 20.3. The molecule has 30 heavy (non-hydrogen) atoms. The second kappa shape index (κ2) is 8.04. The van der Waals surface area contributed by atoms with E-state index in [0.717, 1.165) is 5.56 Å². The lowest BCUT2D eigenvalue weighted by Crippen LogP contribution is -2.45. The van der Waals surface area contributed by atoms with E-state index in [4.69, 9.17) is 4.42 Å². The Kier molecular flexibility index (Phi) is 5.44. The molecule has 2 N–H and O–H groups in total. The van der Waals surface area contributed by atoms with Crippen molar-refractivity contribution < 1.29 is 22.0 Å². The molecule has 10 heteroatoms. The zero-order valence-corrected chi connectivity index (χ0v) is 16.7. The predicted molar refractivity (Wildman–Crippen MR) is 107 cm³/mol. The van der Waals surface area contributed by atoms with Gasteiger partial charge in [-0.15, -0.1) is 0 Å². The number of rotatable bonds is 5. The van der Waals surface area contributed by atoms with E-state index in [9.17, 15) is 22.4 Å². The topological polar surface area (TPSA) is 112 Å². The van der Waals surface area contributed by atoms with Crippen molar-refractivity contribution in [1.29, 1.82) is 0 Å². The standard InChI is InChI=1S/C20H20FN3O5S/c21-15-5-3-13(4-6-15)11-22-19(25)14-2-1-9-24(12-14)30(27,28)16-7-8-17-18(10-16)29-20(26)23-17/h3-8,10,14H,1-2,9,11-12H2,(H,22,25)(H,23,26). The molecule has 1 aromatic heterocycles. The number of carbonyl (C=O) groups excluding carboxylic acids is 1. The molecule has 0 bridgehead atoms. The minimum Gasteiger partial charge on any atom is -0.408 e. The van der Waals surface area contributed by atoms with Crippen molar-refractivity contribution in [3.8, 4) is 0 Å². The van der Waals surface area contributed by atoms with Crippen LogP contribution in [0.25, 0.3) is 11.1 Å². The summed E-state index contributed by atoms with van der Waals surface area (Å²) in [4.78, 5) is 26.3. The second-order valence-electron chi connectivity index (χ2n) is 7.22. The molecule has 1 aliphatic heterocycles. The van der Waals surface area contributed by atoms with Gasteiger partial charge in [-0.1, -0.05) is 12.1 Å². The Bertz CT molecular complexity index is 1230. The highest BCUT2D eigenvalue weighted by atomic mass is 32.2. The number of H-pyrrole nitrogens is 1. The first-order valence-corrected chi connectivity index (χ1v) is 10.9. The highest BCUT2D eigenvalue weighted by Crippen LogP contribution is 2.25. The van der Waals surface area contributed by atoms with Crippen molar-refractivity contribution >= 4 is 27.0 Å². The molecule has 2 heterocycles. The van der Waals surface area contributed by atoms with Gasteiger partial charge in [0.15, 0.2) is 5.58 Å². The molecule has 1 fully saturated rings. The van der Waals surface area contributed by atoms with Gasteiger partial charge in [-0.05, 0) is 42.7 Å². The number of amides is 1. The first-order chi connectivity index (χ1) is 14.3. The van der Waals surface area contributed by atoms with Crippen LogP contribution >= 0.6 is 0 Å². The number of hydrogen-bond acceptors (Lipinski definition) is 5. The summed E-state index contributed by atoms with van der Waals surface area (Å²) < 4.78 is 45.3. The van der Waals surface area contributed by atoms with E-state index >= 15 is 0 Å². The maximum atomic E-state index is 13.0. The third-order valence-electron chi connectivity index (χ3n) is 5.17. The maximum absolute atomic E-state index is 13.0. The van der Waals surface area contributed by atoms with Crippen molar-refractivity contribution in [2.24, 2.45) is 5.92 Å². The van der Waals surface area contributed by atoms with Crippen LogP contribution in [0, 0.1) is 11.7 Å². The minimum absolute atomic E-state index is 0.00474. The van der Waals surface area contributed by atoms with Gasteiger partial charge in [0.1, 0.15) is 5.82 Å². The quantitative estimate of drug-likeness (QED) is 0.639. The molecule has 1 atom stereocenters. The fourth-order valence-corrected chi connectivity index (χ4v) is 5.09. The van der Waals surface area contributed by atoms with Gasteiger partial charge in [0.2, 0.25) is 15.9 Å². The third kappa shape index (κ3) is 4.14. The number of aromatic amines is 1. The summed E-state index contributed by atoms with van der Waals surface area (Å²) >= 11 is 0. The lowest BCUT2D eigenvalue weighted by molar-refractivity contribution is -0.126. The molecule has 0 radical (unpaired) electrons. The summed E-state index contributed by atoms with van der Waals surface area (Å²) in [7, 11) is -3.85. The summed E-state index contributed by atoms with van der Waals surface area (Å²) in [6.45, 7) is 0.609. The molecule has 1 aliphatic rings. The maximum Gasteiger partial charge on any atom is 0.417 e. The van der Waals surface area contributed by atoms with Crippen LogP contribution in [0.3, 0.4) is 0 Å². The van der Waals surface area contributed by atoms with Gasteiger partial charge in [0.25, 0.3) is 0 Å². The Morgan fingerprint density at radius 1 is 1.23 bits per heavy atom. The number of piperidine rings is 1. The van der Waals surface area contributed by atoms with Crippen molar-refractivity contribution in [1.82, 2.24) is 14.6 Å². The molecule has 158 valence electrons. The van der Waals surface area contributed by atoms with Crippen molar-refractivity contribution in [2.45, 2.75) is 24.3 Å². The lowest BCUT2D eigenvalue weighted by atomic mass is 9.99. The molecular formula is C20H20FN3O5S. The van der Waals surface area contributed by atoms with E-state index in [2.05, 4.69) is 10.3 Å². The Balaban J connectivity index is 1.45. The number of oxazole rings is 1. The summed E-state index contributed by atoms with van der Waals surface area (Å²) in [5, 5.41) is 2.79. The van der Waals surface area contributed by atoms with Crippen LogP contribution in [0.1, 0.15) is 18.4 Å². The minimum atomic E-state index is -3.85. The van der Waals surface area contributed by atoms with Gasteiger partial charge in [-0.25, -0.2) is 17.6 Å². The zero-order valence-electron chi connectivity index (χ0n) is 15.9. The van der Waals surface area contributed by atoms with E-state index < -0.39 is 21.7 Å². The molecule has 1 saturated heterocycles. The molecular weight excluding hydrogens is 413 g/mol. The molecule has 1 amide bonds. The molecule has 3 aromatic rings. The average molecular weight is 433 g/mol. The monoisotopic (exact) mass is 433 g/mol. The Morgan fingerprint density at radius 2 is 2.00 bits per heavy atom. The van der Waals surface area contributed by atoms with Gasteiger partial charge < -0.3 is 9.73 Å². The largest absolute Gasteiger partial charge is 0.417 e. The van der Waals surface area contributed by atoms with Gasteiger partial charge in [-0.3, -0.25) is 9.78 Å². The molecule has 2 aromatic carbocycles. The average Bonchev–Trinajstić information content (AvgIpc) is 3.12. The number of nitrogens with zero attached hydrogens (tertiary/aromatic N) is 1. The Hall–Kier alpha value is -2.98. The number of halogens is 1.